The molecule has 3 rings (SSSR count). The van der Waals surface area contributed by atoms with E-state index in [4.69, 9.17) is 4.98 Å². The van der Waals surface area contributed by atoms with E-state index in [9.17, 15) is 4.79 Å². The van der Waals surface area contributed by atoms with E-state index < -0.39 is 0 Å². The van der Waals surface area contributed by atoms with Crippen LogP contribution >= 0.6 is 11.3 Å². The summed E-state index contributed by atoms with van der Waals surface area (Å²) in [6.07, 6.45) is 5.24. The first-order valence-electron chi connectivity index (χ1n) is 9.70. The van der Waals surface area contributed by atoms with Gasteiger partial charge in [0.15, 0.2) is 0 Å². The highest BCUT2D eigenvalue weighted by molar-refractivity contribution is 7.13. The number of aromatic nitrogens is 1. The maximum atomic E-state index is 12.6. The van der Waals surface area contributed by atoms with E-state index in [2.05, 4.69) is 53.7 Å². The van der Waals surface area contributed by atoms with Crippen molar-refractivity contribution < 1.29 is 4.79 Å². The molecule has 1 amide bonds. The monoisotopic (exact) mass is 371 g/mol. The minimum atomic E-state index is 0.0576. The average molecular weight is 372 g/mol. The third kappa shape index (κ3) is 4.92. The molecule has 1 aromatic carbocycles. The number of hydrogen-bond acceptors (Lipinski definition) is 4. The Morgan fingerprint density at radius 3 is 2.88 bits per heavy atom. The number of amides is 1. The van der Waals surface area contributed by atoms with Gasteiger partial charge in [-0.25, -0.2) is 4.98 Å². The number of piperidine rings is 1. The second kappa shape index (κ2) is 9.28. The minimum Gasteiger partial charge on any atom is -0.354 e. The van der Waals surface area contributed by atoms with Crippen molar-refractivity contribution in [2.45, 2.75) is 52.0 Å². The Balaban J connectivity index is 1.50. The Kier molecular flexibility index (Phi) is 6.80. The van der Waals surface area contributed by atoms with Crippen LogP contribution in [0, 0.1) is 6.92 Å². The van der Waals surface area contributed by atoms with Gasteiger partial charge in [0.2, 0.25) is 5.91 Å². The van der Waals surface area contributed by atoms with E-state index in [0.717, 1.165) is 55.0 Å². The lowest BCUT2D eigenvalue weighted by Gasteiger charge is -2.34. The zero-order valence-electron chi connectivity index (χ0n) is 15.8. The fourth-order valence-electron chi connectivity index (χ4n) is 3.52. The molecule has 1 aromatic heterocycles. The van der Waals surface area contributed by atoms with Gasteiger partial charge >= 0.3 is 0 Å². The summed E-state index contributed by atoms with van der Waals surface area (Å²) in [5, 5.41) is 6.28. The average Bonchev–Trinajstić information content (AvgIpc) is 3.12. The van der Waals surface area contributed by atoms with E-state index in [-0.39, 0.29) is 11.9 Å². The van der Waals surface area contributed by atoms with Crippen molar-refractivity contribution in [1.82, 2.24) is 15.2 Å². The molecule has 0 spiro atoms. The Labute approximate surface area is 160 Å². The summed E-state index contributed by atoms with van der Waals surface area (Å²) < 4.78 is 0. The minimum absolute atomic E-state index is 0.0576. The van der Waals surface area contributed by atoms with Crippen LogP contribution in [0.15, 0.2) is 29.6 Å². The smallest absolute Gasteiger partial charge is 0.237 e. The van der Waals surface area contributed by atoms with Gasteiger partial charge in [0.25, 0.3) is 0 Å². The molecule has 26 heavy (non-hydrogen) atoms. The fourth-order valence-corrected chi connectivity index (χ4v) is 4.39. The van der Waals surface area contributed by atoms with Crippen LogP contribution in [0.3, 0.4) is 0 Å². The number of benzene rings is 1. The van der Waals surface area contributed by atoms with Gasteiger partial charge in [-0.2, -0.15) is 0 Å². The van der Waals surface area contributed by atoms with E-state index in [0.29, 0.717) is 6.54 Å². The Morgan fingerprint density at radius 1 is 1.31 bits per heavy atom. The first-order valence-corrected chi connectivity index (χ1v) is 10.6. The number of rotatable bonds is 7. The second-order valence-corrected chi connectivity index (χ2v) is 7.96. The van der Waals surface area contributed by atoms with Crippen LogP contribution in [-0.4, -0.2) is 41.5 Å². The number of carbonyl (C=O) groups excluding carboxylic acids is 1. The molecular formula is C21H29N3OS. The maximum absolute atomic E-state index is 12.6. The quantitative estimate of drug-likeness (QED) is 0.799. The summed E-state index contributed by atoms with van der Waals surface area (Å²) in [4.78, 5) is 19.6. The molecule has 1 atom stereocenters. The number of aryl methyl sites for hydroxylation is 1. The SMILES string of the molecule is CCCN1CCCCC1C(=O)NCCc1csc(-c2ccc(C)cc2)n1. The Hall–Kier alpha value is -1.72. The number of nitrogens with one attached hydrogen (secondary N) is 1. The predicted octanol–water partition coefficient (Wildman–Crippen LogP) is 4.04. The Bertz CT molecular complexity index is 708. The Morgan fingerprint density at radius 2 is 2.12 bits per heavy atom. The molecule has 1 saturated heterocycles. The van der Waals surface area contributed by atoms with Crippen molar-refractivity contribution >= 4 is 17.2 Å². The molecule has 0 saturated carbocycles. The van der Waals surface area contributed by atoms with E-state index in [1.165, 1.54) is 12.0 Å². The number of nitrogens with zero attached hydrogens (tertiary/aromatic N) is 2. The standard InChI is InChI=1S/C21H29N3OS/c1-3-13-24-14-5-4-6-19(24)20(25)22-12-11-18-15-26-21(23-18)17-9-7-16(2)8-10-17/h7-10,15,19H,3-6,11-14H2,1-2H3,(H,22,25). The fraction of sp³-hybridized carbons (Fsp3) is 0.524. The van der Waals surface area contributed by atoms with Gasteiger partial charge < -0.3 is 5.32 Å². The van der Waals surface area contributed by atoms with Crippen LogP contribution in [0.4, 0.5) is 0 Å². The number of thiazole rings is 1. The van der Waals surface area contributed by atoms with Gasteiger partial charge in [0.05, 0.1) is 11.7 Å². The van der Waals surface area contributed by atoms with Crippen LogP contribution in [-0.2, 0) is 11.2 Å². The van der Waals surface area contributed by atoms with Crippen LogP contribution < -0.4 is 5.32 Å². The lowest BCUT2D eigenvalue weighted by atomic mass is 10.0. The molecule has 0 radical (unpaired) electrons. The summed E-state index contributed by atoms with van der Waals surface area (Å²) in [5.41, 5.74) is 3.47. The first-order chi connectivity index (χ1) is 12.7. The molecule has 1 unspecified atom stereocenters. The largest absolute Gasteiger partial charge is 0.354 e. The highest BCUT2D eigenvalue weighted by atomic mass is 32.1. The van der Waals surface area contributed by atoms with Gasteiger partial charge in [-0.05, 0) is 39.3 Å². The van der Waals surface area contributed by atoms with Gasteiger partial charge in [-0.3, -0.25) is 9.69 Å². The molecule has 1 N–H and O–H groups in total. The van der Waals surface area contributed by atoms with Gasteiger partial charge in [0.1, 0.15) is 5.01 Å². The van der Waals surface area contributed by atoms with Crippen molar-refractivity contribution in [3.63, 3.8) is 0 Å². The number of carbonyl (C=O) groups is 1. The zero-order valence-corrected chi connectivity index (χ0v) is 16.6. The third-order valence-electron chi connectivity index (χ3n) is 4.96. The third-order valence-corrected chi connectivity index (χ3v) is 5.90. The van der Waals surface area contributed by atoms with E-state index in [1.54, 1.807) is 11.3 Å². The summed E-state index contributed by atoms with van der Waals surface area (Å²) in [7, 11) is 0. The van der Waals surface area contributed by atoms with E-state index >= 15 is 0 Å². The van der Waals surface area contributed by atoms with Crippen LogP contribution in [0.1, 0.15) is 43.9 Å². The van der Waals surface area contributed by atoms with Gasteiger partial charge in [-0.15, -0.1) is 11.3 Å². The molecule has 1 fully saturated rings. The zero-order chi connectivity index (χ0) is 18.4. The second-order valence-electron chi connectivity index (χ2n) is 7.10. The molecule has 0 aliphatic carbocycles. The van der Waals surface area contributed by atoms with Crippen molar-refractivity contribution in [3.05, 3.63) is 40.9 Å². The van der Waals surface area contributed by atoms with Crippen molar-refractivity contribution in [1.29, 1.82) is 0 Å². The molecule has 5 heteroatoms. The van der Waals surface area contributed by atoms with Crippen molar-refractivity contribution in [2.24, 2.45) is 0 Å². The lowest BCUT2D eigenvalue weighted by Crippen LogP contribution is -2.50. The first kappa shape index (κ1) is 19.1. The summed E-state index contributed by atoms with van der Waals surface area (Å²) >= 11 is 1.67. The summed E-state index contributed by atoms with van der Waals surface area (Å²) in [6.45, 7) is 7.00. The van der Waals surface area contributed by atoms with Gasteiger partial charge in [0, 0.05) is 23.9 Å². The van der Waals surface area contributed by atoms with Crippen LogP contribution in [0.25, 0.3) is 10.6 Å². The highest BCUT2D eigenvalue weighted by Crippen LogP contribution is 2.24. The topological polar surface area (TPSA) is 45.2 Å². The lowest BCUT2D eigenvalue weighted by molar-refractivity contribution is -0.127. The molecule has 0 bridgehead atoms. The highest BCUT2D eigenvalue weighted by Gasteiger charge is 2.27. The number of likely N-dealkylation sites (tertiary alicyclic amines) is 1. The van der Waals surface area contributed by atoms with E-state index in [1.807, 2.05) is 0 Å². The molecule has 1 aliphatic heterocycles. The summed E-state index contributed by atoms with van der Waals surface area (Å²) in [6, 6.07) is 8.52. The number of hydrogen-bond donors (Lipinski definition) is 1. The molecule has 140 valence electrons. The molecule has 2 aromatic rings. The molecule has 4 nitrogen and oxygen atoms in total. The molecule has 2 heterocycles. The molecule has 1 aliphatic rings. The van der Waals surface area contributed by atoms with Crippen molar-refractivity contribution in [3.8, 4) is 10.6 Å². The summed E-state index contributed by atoms with van der Waals surface area (Å²) in [5.74, 6) is 0.187. The van der Waals surface area contributed by atoms with Crippen LogP contribution in [0.5, 0.6) is 0 Å². The molecular weight excluding hydrogens is 342 g/mol. The van der Waals surface area contributed by atoms with Crippen molar-refractivity contribution in [2.75, 3.05) is 19.6 Å². The maximum Gasteiger partial charge on any atom is 0.237 e. The van der Waals surface area contributed by atoms with Crippen LogP contribution in [0.2, 0.25) is 0 Å². The van der Waals surface area contributed by atoms with Gasteiger partial charge in [-0.1, -0.05) is 43.2 Å². The normalized spacial score (nSPS) is 18.0. The predicted molar refractivity (Wildman–Crippen MR) is 109 cm³/mol.